The van der Waals surface area contributed by atoms with Crippen LogP contribution in [0, 0.1) is 0 Å². The van der Waals surface area contributed by atoms with Crippen molar-refractivity contribution in [3.63, 3.8) is 0 Å². The predicted molar refractivity (Wildman–Crippen MR) is 98.6 cm³/mol. The maximum Gasteiger partial charge on any atom is 0.611 e. The summed E-state index contributed by atoms with van der Waals surface area (Å²) in [5, 5.41) is 0. The normalized spacial score (nSPS) is 11.5. The zero-order valence-electron chi connectivity index (χ0n) is 12.8. The average Bonchev–Trinajstić information content (AvgIpc) is 2.70. The molecule has 0 unspecified atom stereocenters. The van der Waals surface area contributed by atoms with E-state index in [1.165, 1.54) is 17.1 Å². The molecule has 1 heterocycles. The van der Waals surface area contributed by atoms with E-state index in [-0.39, 0.29) is 0 Å². The molecule has 0 aliphatic rings. The van der Waals surface area contributed by atoms with Crippen molar-refractivity contribution in [2.75, 3.05) is 0 Å². The van der Waals surface area contributed by atoms with Gasteiger partial charge in [-0.1, -0.05) is 54.6 Å². The van der Waals surface area contributed by atoms with Crippen LogP contribution in [0.25, 0.3) is 17.1 Å². The van der Waals surface area contributed by atoms with Gasteiger partial charge in [0.2, 0.25) is 17.1 Å². The topological polar surface area (TPSA) is 11.6 Å². The number of hydrogen-bond donors (Lipinski definition) is 0. The number of aromatic nitrogens is 3. The molecular weight excluding hydrogens is 351 g/mol. The molecule has 3 aromatic carbocycles. The number of rotatable bonds is 3. The molecular formula is C18H15N3P3+3. The fourth-order valence-corrected chi connectivity index (χ4v) is 6.63. The second-order valence-electron chi connectivity index (χ2n) is 5.14. The van der Waals surface area contributed by atoms with Crippen molar-refractivity contribution in [1.29, 1.82) is 0 Å². The minimum atomic E-state index is 1.15. The second-order valence-corrected chi connectivity index (χ2v) is 9.03. The molecule has 4 aromatic rings. The summed E-state index contributed by atoms with van der Waals surface area (Å²) in [4.78, 5) is 0. The fourth-order valence-electron chi connectivity index (χ4n) is 2.29. The Bertz CT molecular complexity index is 809. The van der Waals surface area contributed by atoms with Crippen LogP contribution in [-0.2, 0) is 0 Å². The highest BCUT2D eigenvalue weighted by Gasteiger charge is 2.31. The monoisotopic (exact) mass is 366 g/mol. The van der Waals surface area contributed by atoms with Crippen molar-refractivity contribution in [3.8, 4) is 17.1 Å². The first-order valence-electron chi connectivity index (χ1n) is 7.60. The van der Waals surface area contributed by atoms with Gasteiger partial charge in [-0.25, -0.2) is 0 Å². The zero-order chi connectivity index (χ0) is 16.2. The van der Waals surface area contributed by atoms with Crippen molar-refractivity contribution >= 4 is 25.5 Å². The number of nitrogens with zero attached hydrogens (tertiary/aromatic N) is 3. The van der Waals surface area contributed by atoms with E-state index >= 15 is 0 Å². The Balaban J connectivity index is 1.92. The number of hydrogen-bond acceptors (Lipinski definition) is 0. The molecule has 114 valence electrons. The molecule has 4 rings (SSSR count). The Morgan fingerprint density at radius 2 is 0.625 bits per heavy atom. The van der Waals surface area contributed by atoms with Gasteiger partial charge >= 0.3 is 25.5 Å². The maximum atomic E-state index is 2.34. The molecule has 1 aromatic heterocycles. The van der Waals surface area contributed by atoms with Gasteiger partial charge < -0.3 is 0 Å². The predicted octanol–water partition coefficient (Wildman–Crippen LogP) is 4.26. The van der Waals surface area contributed by atoms with E-state index in [0.29, 0.717) is 0 Å². The fraction of sp³-hybridized carbons (Fsp3) is 0. The van der Waals surface area contributed by atoms with Crippen molar-refractivity contribution in [3.05, 3.63) is 91.0 Å². The van der Waals surface area contributed by atoms with E-state index < -0.39 is 0 Å². The van der Waals surface area contributed by atoms with Crippen molar-refractivity contribution in [2.45, 2.75) is 0 Å². The summed E-state index contributed by atoms with van der Waals surface area (Å²) < 4.78 is 7.03. The lowest BCUT2D eigenvalue weighted by Crippen LogP contribution is -2.41. The first-order valence-corrected chi connectivity index (χ1v) is 10.0. The van der Waals surface area contributed by atoms with Gasteiger partial charge in [-0.2, -0.15) is 0 Å². The summed E-state index contributed by atoms with van der Waals surface area (Å²) >= 11 is 0. The molecule has 0 bridgehead atoms. The lowest BCUT2D eigenvalue weighted by Gasteiger charge is -1.92. The summed E-state index contributed by atoms with van der Waals surface area (Å²) in [6.07, 6.45) is 0. The van der Waals surface area contributed by atoms with Gasteiger partial charge in [-0.3, -0.25) is 0 Å². The van der Waals surface area contributed by atoms with E-state index in [9.17, 15) is 0 Å². The van der Waals surface area contributed by atoms with Crippen LogP contribution in [0.2, 0.25) is 0 Å². The van der Waals surface area contributed by atoms with E-state index in [1.807, 2.05) is 0 Å². The quantitative estimate of drug-likeness (QED) is 0.514. The third-order valence-corrected chi connectivity index (χ3v) is 7.31. The summed E-state index contributed by atoms with van der Waals surface area (Å²) in [7, 11) is 3.46. The van der Waals surface area contributed by atoms with Gasteiger partial charge in [0.25, 0.3) is 0 Å². The summed E-state index contributed by atoms with van der Waals surface area (Å²) in [5.74, 6) is 0. The van der Waals surface area contributed by atoms with Gasteiger partial charge in [-0.05, 0) is 12.3 Å². The molecule has 0 aliphatic carbocycles. The third kappa shape index (κ3) is 3.40. The Morgan fingerprint density at radius 3 is 0.875 bits per heavy atom. The minimum absolute atomic E-state index is 1.15. The molecule has 0 atom stereocenters. The highest BCUT2D eigenvalue weighted by molar-refractivity contribution is 7.31. The van der Waals surface area contributed by atoms with E-state index in [2.05, 4.69) is 103 Å². The van der Waals surface area contributed by atoms with Crippen molar-refractivity contribution < 1.29 is 12.3 Å². The lowest BCUT2D eigenvalue weighted by molar-refractivity contribution is -0.595. The Hall–Kier alpha value is -2.04. The zero-order valence-corrected chi connectivity index (χ0v) is 15.5. The largest absolute Gasteiger partial charge is 0.611 e. The number of benzene rings is 3. The molecule has 0 fully saturated rings. The highest BCUT2D eigenvalue weighted by atomic mass is 31.1. The molecule has 0 saturated carbocycles. The molecule has 0 radical (unpaired) electrons. The van der Waals surface area contributed by atoms with Gasteiger partial charge in [0.15, 0.2) is 0 Å². The van der Waals surface area contributed by atoms with Crippen LogP contribution in [-0.4, -0.2) is 0 Å². The Morgan fingerprint density at radius 1 is 0.375 bits per heavy atom. The van der Waals surface area contributed by atoms with E-state index in [0.717, 1.165) is 25.5 Å². The van der Waals surface area contributed by atoms with Crippen LogP contribution in [0.3, 0.4) is 0 Å². The SMILES string of the molecule is c1ccc(-[n+]2p[n+](-c3ccccc3)p[n+](-c3ccccc3)p2)cc1. The molecule has 0 amide bonds. The van der Waals surface area contributed by atoms with Crippen LogP contribution in [0.4, 0.5) is 0 Å². The molecule has 0 N–H and O–H groups in total. The van der Waals surface area contributed by atoms with Gasteiger partial charge in [-0.15, -0.1) is 0 Å². The Labute approximate surface area is 146 Å². The molecule has 0 saturated heterocycles. The van der Waals surface area contributed by atoms with Crippen molar-refractivity contribution in [1.82, 2.24) is 0 Å². The van der Waals surface area contributed by atoms with E-state index in [4.69, 9.17) is 0 Å². The highest BCUT2D eigenvalue weighted by Crippen LogP contribution is 2.13. The number of para-hydroxylation sites is 3. The summed E-state index contributed by atoms with van der Waals surface area (Å²) in [5.41, 5.74) is 3.66. The maximum absolute atomic E-state index is 2.34. The van der Waals surface area contributed by atoms with Gasteiger partial charge in [0.05, 0.1) is 0 Å². The third-order valence-electron chi connectivity index (χ3n) is 3.47. The summed E-state index contributed by atoms with van der Waals surface area (Å²) in [6.45, 7) is 0. The van der Waals surface area contributed by atoms with Crippen molar-refractivity contribution in [2.24, 2.45) is 0 Å². The van der Waals surface area contributed by atoms with E-state index in [1.54, 1.807) is 0 Å². The summed E-state index contributed by atoms with van der Waals surface area (Å²) in [6, 6.07) is 31.7. The van der Waals surface area contributed by atoms with Crippen LogP contribution in [0.1, 0.15) is 0 Å². The van der Waals surface area contributed by atoms with Gasteiger partial charge in [0, 0.05) is 36.4 Å². The second kappa shape index (κ2) is 7.24. The van der Waals surface area contributed by atoms with Gasteiger partial charge in [0.1, 0.15) is 0 Å². The molecule has 0 aliphatic heterocycles. The van der Waals surface area contributed by atoms with Crippen LogP contribution in [0.5, 0.6) is 0 Å². The van der Waals surface area contributed by atoms with Crippen LogP contribution >= 0.6 is 25.5 Å². The average molecular weight is 366 g/mol. The van der Waals surface area contributed by atoms with Crippen LogP contribution < -0.4 is 12.3 Å². The lowest BCUT2D eigenvalue weighted by atomic mass is 10.3. The standard InChI is InChI=1S/C18H15N3P3/c1-4-10-16(11-5-1)19-22-20(17-12-6-2-7-13-17)24-21(23-19)18-14-8-3-9-15-18/h1-15H/q+3. The molecule has 0 spiro atoms. The first kappa shape index (κ1) is 15.5. The minimum Gasteiger partial charge on any atom is -0.0618 e. The molecule has 6 heteroatoms. The Kier molecular flexibility index (Phi) is 4.67. The van der Waals surface area contributed by atoms with Crippen LogP contribution in [0.15, 0.2) is 91.0 Å². The first-order chi connectivity index (χ1) is 11.9. The molecule has 3 nitrogen and oxygen atoms in total. The smallest absolute Gasteiger partial charge is 0.0618 e. The molecule has 24 heavy (non-hydrogen) atoms.